The first-order valence-corrected chi connectivity index (χ1v) is 12.2. The van der Waals surface area contributed by atoms with Crippen molar-refractivity contribution in [1.82, 2.24) is 14.9 Å². The summed E-state index contributed by atoms with van der Waals surface area (Å²) in [5, 5.41) is 0. The molecule has 0 atom stereocenters. The molecule has 1 fully saturated rings. The van der Waals surface area contributed by atoms with Crippen LogP contribution in [0.3, 0.4) is 0 Å². The van der Waals surface area contributed by atoms with E-state index in [1.54, 1.807) is 18.7 Å². The monoisotopic (exact) mass is 495 g/mol. The summed E-state index contributed by atoms with van der Waals surface area (Å²) in [5.41, 5.74) is 0.0435. The molecule has 0 radical (unpaired) electrons. The van der Waals surface area contributed by atoms with Gasteiger partial charge in [-0.3, -0.25) is 9.59 Å². The van der Waals surface area contributed by atoms with E-state index in [1.165, 1.54) is 12.1 Å². The molecule has 1 amide bonds. The first-order chi connectivity index (χ1) is 17.0. The van der Waals surface area contributed by atoms with Crippen LogP contribution in [0.25, 0.3) is 0 Å². The van der Waals surface area contributed by atoms with E-state index < -0.39 is 17.2 Å². The third-order valence-electron chi connectivity index (χ3n) is 7.55. The van der Waals surface area contributed by atoms with Gasteiger partial charge in [0.05, 0.1) is 34.2 Å². The summed E-state index contributed by atoms with van der Waals surface area (Å²) < 4.78 is 39.8. The second-order valence-electron chi connectivity index (χ2n) is 10.3. The molecule has 1 N–H and O–H groups in total. The van der Waals surface area contributed by atoms with E-state index in [0.29, 0.717) is 36.5 Å². The van der Waals surface area contributed by atoms with Gasteiger partial charge in [-0.05, 0) is 56.7 Å². The van der Waals surface area contributed by atoms with Crippen molar-refractivity contribution in [3.63, 3.8) is 0 Å². The van der Waals surface area contributed by atoms with Crippen LogP contribution in [0.1, 0.15) is 66.9 Å². The molecule has 188 valence electrons. The number of aromatic amines is 1. The van der Waals surface area contributed by atoms with Crippen LogP contribution in [-0.2, 0) is 34.8 Å². The van der Waals surface area contributed by atoms with E-state index in [-0.39, 0.29) is 29.0 Å². The van der Waals surface area contributed by atoms with Crippen molar-refractivity contribution in [2.75, 3.05) is 6.54 Å². The zero-order valence-corrected chi connectivity index (χ0v) is 20.3. The predicted molar refractivity (Wildman–Crippen MR) is 130 cm³/mol. The van der Waals surface area contributed by atoms with Crippen molar-refractivity contribution in [3.8, 4) is 0 Å². The molecule has 0 spiro atoms. The molecule has 36 heavy (non-hydrogen) atoms. The minimum absolute atomic E-state index is 0.0809. The molecule has 1 aliphatic carbocycles. The van der Waals surface area contributed by atoms with Crippen LogP contribution in [0.15, 0.2) is 59.4 Å². The molecule has 2 heterocycles. The third-order valence-corrected chi connectivity index (χ3v) is 7.55. The highest BCUT2D eigenvalue weighted by Gasteiger charge is 2.48. The van der Waals surface area contributed by atoms with E-state index in [1.807, 2.05) is 18.2 Å². The van der Waals surface area contributed by atoms with Gasteiger partial charge in [-0.25, -0.2) is 4.98 Å². The number of aromatic nitrogens is 2. The quantitative estimate of drug-likeness (QED) is 0.546. The third kappa shape index (κ3) is 4.22. The molecule has 0 saturated heterocycles. The standard InChI is InChI=1S/C28H28F3N3O2/c1-26(2,19-10-6-11-20(16-19)28(29,30)31)25(36)34-15-7-12-22-21(17-34)23(35)33-24(32-22)27(13-14-27)18-8-4-3-5-9-18/h3-6,8-11,16H,7,12-15,17H2,1-2H3,(H,32,33,35). The van der Waals surface area contributed by atoms with E-state index in [2.05, 4.69) is 17.1 Å². The Morgan fingerprint density at radius 1 is 1.03 bits per heavy atom. The molecule has 1 aliphatic heterocycles. The van der Waals surface area contributed by atoms with Crippen molar-refractivity contribution in [1.29, 1.82) is 0 Å². The minimum Gasteiger partial charge on any atom is -0.337 e. The number of nitrogens with one attached hydrogen (secondary N) is 1. The number of carbonyl (C=O) groups is 1. The Hall–Kier alpha value is -3.42. The molecule has 1 aromatic heterocycles. The summed E-state index contributed by atoms with van der Waals surface area (Å²) in [6.45, 7) is 3.73. The van der Waals surface area contributed by atoms with Crippen LogP contribution < -0.4 is 5.56 Å². The highest BCUT2D eigenvalue weighted by molar-refractivity contribution is 5.87. The van der Waals surface area contributed by atoms with Gasteiger partial charge >= 0.3 is 6.18 Å². The number of hydrogen-bond donors (Lipinski definition) is 1. The number of fused-ring (bicyclic) bond motifs is 1. The van der Waals surface area contributed by atoms with Gasteiger partial charge in [0.2, 0.25) is 5.91 Å². The van der Waals surface area contributed by atoms with Gasteiger partial charge in [-0.2, -0.15) is 13.2 Å². The number of halogens is 3. The average Bonchev–Trinajstić information content (AvgIpc) is 3.68. The Morgan fingerprint density at radius 3 is 2.39 bits per heavy atom. The normalized spacial score (nSPS) is 17.3. The second kappa shape index (κ2) is 8.61. The Labute approximate surface area is 207 Å². The number of aryl methyl sites for hydroxylation is 1. The number of carbonyl (C=O) groups excluding carboxylic acids is 1. The number of benzene rings is 2. The Morgan fingerprint density at radius 2 is 1.72 bits per heavy atom. The maximum Gasteiger partial charge on any atom is 0.416 e. The summed E-state index contributed by atoms with van der Waals surface area (Å²) in [4.78, 5) is 36.3. The van der Waals surface area contributed by atoms with E-state index in [0.717, 1.165) is 30.5 Å². The molecule has 0 bridgehead atoms. The molecule has 5 rings (SSSR count). The van der Waals surface area contributed by atoms with Crippen molar-refractivity contribution >= 4 is 5.91 Å². The molecule has 8 heteroatoms. The lowest BCUT2D eigenvalue weighted by Gasteiger charge is -2.32. The highest BCUT2D eigenvalue weighted by Crippen LogP contribution is 2.52. The van der Waals surface area contributed by atoms with Crippen LogP contribution in [0.2, 0.25) is 0 Å². The smallest absolute Gasteiger partial charge is 0.337 e. The van der Waals surface area contributed by atoms with Crippen LogP contribution in [0.4, 0.5) is 13.2 Å². The maximum atomic E-state index is 13.6. The fourth-order valence-electron chi connectivity index (χ4n) is 5.17. The summed E-state index contributed by atoms with van der Waals surface area (Å²) >= 11 is 0. The summed E-state index contributed by atoms with van der Waals surface area (Å²) in [6, 6.07) is 14.9. The predicted octanol–water partition coefficient (Wildman–Crippen LogP) is 5.12. The topological polar surface area (TPSA) is 66.1 Å². The highest BCUT2D eigenvalue weighted by atomic mass is 19.4. The number of H-pyrrole nitrogens is 1. The van der Waals surface area contributed by atoms with Crippen LogP contribution in [0, 0.1) is 0 Å². The fourth-order valence-corrected chi connectivity index (χ4v) is 5.17. The number of alkyl halides is 3. The first kappa shape index (κ1) is 24.3. The Bertz CT molecular complexity index is 1360. The van der Waals surface area contributed by atoms with Crippen molar-refractivity contribution in [3.05, 3.63) is 98.7 Å². The number of hydrogen-bond acceptors (Lipinski definition) is 3. The van der Waals surface area contributed by atoms with Crippen LogP contribution >= 0.6 is 0 Å². The van der Waals surface area contributed by atoms with Gasteiger partial charge in [-0.1, -0.05) is 48.5 Å². The number of amides is 1. The van der Waals surface area contributed by atoms with Gasteiger partial charge in [0.1, 0.15) is 5.82 Å². The Kier molecular flexibility index (Phi) is 5.80. The molecule has 5 nitrogen and oxygen atoms in total. The van der Waals surface area contributed by atoms with Gasteiger partial charge in [-0.15, -0.1) is 0 Å². The molecule has 2 aromatic carbocycles. The fraction of sp³-hybridized carbons (Fsp3) is 0.393. The van der Waals surface area contributed by atoms with Gasteiger partial charge < -0.3 is 9.88 Å². The zero-order valence-electron chi connectivity index (χ0n) is 20.3. The van der Waals surface area contributed by atoms with Crippen LogP contribution in [-0.4, -0.2) is 27.3 Å². The maximum absolute atomic E-state index is 13.6. The molecule has 3 aromatic rings. The lowest BCUT2D eigenvalue weighted by molar-refractivity contribution is -0.139. The van der Waals surface area contributed by atoms with Gasteiger partial charge in [0.25, 0.3) is 5.56 Å². The van der Waals surface area contributed by atoms with Crippen molar-refractivity contribution in [2.24, 2.45) is 0 Å². The van der Waals surface area contributed by atoms with Gasteiger partial charge in [0.15, 0.2) is 0 Å². The minimum atomic E-state index is -4.49. The molecule has 2 aliphatic rings. The van der Waals surface area contributed by atoms with E-state index in [4.69, 9.17) is 4.98 Å². The van der Waals surface area contributed by atoms with E-state index >= 15 is 0 Å². The molecular weight excluding hydrogens is 467 g/mol. The van der Waals surface area contributed by atoms with Crippen molar-refractivity contribution < 1.29 is 18.0 Å². The molecule has 0 unspecified atom stereocenters. The van der Waals surface area contributed by atoms with E-state index in [9.17, 15) is 22.8 Å². The SMILES string of the molecule is CC(C)(C(=O)N1CCCc2nc(C3(c4ccccc4)CC3)[nH]c(=O)c2C1)c1cccc(C(F)(F)F)c1. The number of nitrogens with zero attached hydrogens (tertiary/aromatic N) is 2. The largest absolute Gasteiger partial charge is 0.416 e. The average molecular weight is 496 g/mol. The summed E-state index contributed by atoms with van der Waals surface area (Å²) in [6.07, 6.45) is -1.49. The van der Waals surface area contributed by atoms with Crippen molar-refractivity contribution in [2.45, 2.75) is 63.1 Å². The lowest BCUT2D eigenvalue weighted by Crippen LogP contribution is -2.44. The van der Waals surface area contributed by atoms with Crippen LogP contribution in [0.5, 0.6) is 0 Å². The zero-order chi connectivity index (χ0) is 25.7. The summed E-state index contributed by atoms with van der Waals surface area (Å²) in [7, 11) is 0. The molecule has 1 saturated carbocycles. The molecular formula is C28H28F3N3O2. The second-order valence-corrected chi connectivity index (χ2v) is 10.3. The summed E-state index contributed by atoms with van der Waals surface area (Å²) in [5.74, 6) is 0.350. The first-order valence-electron chi connectivity index (χ1n) is 12.2. The number of rotatable bonds is 4. The van der Waals surface area contributed by atoms with Gasteiger partial charge in [0, 0.05) is 6.54 Å². The lowest BCUT2D eigenvalue weighted by atomic mass is 9.82. The Balaban J connectivity index is 1.44.